The zero-order chi connectivity index (χ0) is 49.9. The van der Waals surface area contributed by atoms with Crippen LogP contribution < -0.4 is 0 Å². The fourth-order valence-corrected chi connectivity index (χ4v) is 9.85. The van der Waals surface area contributed by atoms with Gasteiger partial charge in [0.1, 0.15) is 43.2 Å². The van der Waals surface area contributed by atoms with E-state index >= 15 is 0 Å². The number of esters is 2. The van der Waals surface area contributed by atoms with Crippen molar-refractivity contribution >= 4 is 19.8 Å². The molecule has 8 atom stereocenters. The molecule has 0 aliphatic heterocycles. The van der Waals surface area contributed by atoms with Crippen LogP contribution in [0, 0.1) is 0 Å². The minimum atomic E-state index is -5.12. The van der Waals surface area contributed by atoms with Gasteiger partial charge in [-0.1, -0.05) is 225 Å². The zero-order valence-corrected chi connectivity index (χ0v) is 44.1. The molecule has 1 aliphatic rings. The molecular weight excluding hydrogens is 888 g/mol. The lowest BCUT2D eigenvalue weighted by molar-refractivity contribution is -0.220. The summed E-state index contributed by atoms with van der Waals surface area (Å²) in [6.45, 7) is 3.35. The topological polar surface area (TPSA) is 210 Å². The van der Waals surface area contributed by atoms with E-state index in [1.165, 1.54) is 186 Å². The van der Waals surface area contributed by atoms with Gasteiger partial charge in [-0.05, 0) is 38.5 Å². The highest BCUT2D eigenvalue weighted by atomic mass is 31.2. The average Bonchev–Trinajstić information content (AvgIpc) is 3.32. The van der Waals surface area contributed by atoms with Crippen LogP contribution >= 0.6 is 7.82 Å². The summed E-state index contributed by atoms with van der Waals surface area (Å²) in [6, 6.07) is 0. The molecule has 0 spiro atoms. The molecule has 13 nitrogen and oxygen atoms in total. The van der Waals surface area contributed by atoms with Gasteiger partial charge in [0.15, 0.2) is 6.10 Å². The molecule has 6 unspecified atom stereocenters. The van der Waals surface area contributed by atoms with Gasteiger partial charge in [-0.2, -0.15) is 0 Å². The van der Waals surface area contributed by atoms with Gasteiger partial charge in [0.25, 0.3) is 0 Å². The third kappa shape index (κ3) is 35.7. The number of carbonyl (C=O) groups is 2. The van der Waals surface area contributed by atoms with Crippen molar-refractivity contribution in [3.63, 3.8) is 0 Å². The van der Waals surface area contributed by atoms with E-state index < -0.39 is 75.7 Å². The molecule has 1 saturated carbocycles. The Labute approximate surface area is 413 Å². The lowest BCUT2D eigenvalue weighted by atomic mass is 9.85. The Balaban J connectivity index is 2.34. The number of aliphatic hydroxyl groups is 5. The highest BCUT2D eigenvalue weighted by molar-refractivity contribution is 7.47. The van der Waals surface area contributed by atoms with Crippen molar-refractivity contribution in [2.75, 3.05) is 13.2 Å². The summed E-state index contributed by atoms with van der Waals surface area (Å²) in [5.41, 5.74) is 0. The maximum Gasteiger partial charge on any atom is 0.472 e. The van der Waals surface area contributed by atoms with Gasteiger partial charge in [0.05, 0.1) is 6.61 Å². The summed E-state index contributed by atoms with van der Waals surface area (Å²) in [5.74, 6) is -1.08. The SMILES string of the molecule is CCCCCCCC/C=C/CCCCCCCCCCCCCC(=O)OC[C@@H](COP(=O)(O)OC1C(O)C(O)C(O)[C@H](O)C1O)OC(=O)CCCCCCCCCCCCCCCCCCCC. The number of phosphoric acid groups is 1. The summed E-state index contributed by atoms with van der Waals surface area (Å²) in [7, 11) is -5.12. The van der Waals surface area contributed by atoms with Gasteiger partial charge in [-0.3, -0.25) is 18.6 Å². The number of rotatable bonds is 48. The molecule has 0 aromatic heterocycles. The van der Waals surface area contributed by atoms with Crippen LogP contribution in [0.5, 0.6) is 0 Å². The molecule has 0 amide bonds. The second kappa shape index (κ2) is 44.3. The third-order valence-electron chi connectivity index (χ3n) is 13.4. The van der Waals surface area contributed by atoms with Crippen molar-refractivity contribution in [3.05, 3.63) is 12.2 Å². The second-order valence-electron chi connectivity index (χ2n) is 19.8. The van der Waals surface area contributed by atoms with Crippen LogP contribution in [0.15, 0.2) is 12.2 Å². The first-order valence-electron chi connectivity index (χ1n) is 28.0. The Morgan fingerprint density at radius 1 is 0.441 bits per heavy atom. The monoisotopic (exact) mass is 991 g/mol. The molecule has 68 heavy (non-hydrogen) atoms. The number of allylic oxidation sites excluding steroid dienone is 2. The zero-order valence-electron chi connectivity index (χ0n) is 43.2. The fourth-order valence-electron chi connectivity index (χ4n) is 8.87. The van der Waals surface area contributed by atoms with E-state index in [4.69, 9.17) is 18.5 Å². The number of hydrogen-bond donors (Lipinski definition) is 6. The van der Waals surface area contributed by atoms with Crippen molar-refractivity contribution in [1.29, 1.82) is 0 Å². The quantitative estimate of drug-likeness (QED) is 0.0145. The highest BCUT2D eigenvalue weighted by Gasteiger charge is 2.51. The van der Waals surface area contributed by atoms with E-state index in [9.17, 15) is 44.6 Å². The van der Waals surface area contributed by atoms with Crippen molar-refractivity contribution in [1.82, 2.24) is 0 Å². The lowest BCUT2D eigenvalue weighted by Crippen LogP contribution is -2.64. The third-order valence-corrected chi connectivity index (χ3v) is 14.3. The summed E-state index contributed by atoms with van der Waals surface area (Å²) >= 11 is 0. The molecule has 0 saturated heterocycles. The van der Waals surface area contributed by atoms with Crippen LogP contribution in [-0.4, -0.2) is 98.3 Å². The Bertz CT molecular complexity index is 1240. The minimum Gasteiger partial charge on any atom is -0.462 e. The maximum absolute atomic E-state index is 12.9. The lowest BCUT2D eigenvalue weighted by Gasteiger charge is -2.41. The molecule has 0 radical (unpaired) electrons. The Morgan fingerprint density at radius 2 is 0.750 bits per heavy atom. The maximum atomic E-state index is 12.9. The van der Waals surface area contributed by atoms with Gasteiger partial charge in [0.2, 0.25) is 0 Å². The minimum absolute atomic E-state index is 0.103. The molecule has 402 valence electrons. The van der Waals surface area contributed by atoms with E-state index in [0.29, 0.717) is 12.8 Å². The van der Waals surface area contributed by atoms with Crippen LogP contribution in [0.1, 0.15) is 264 Å². The number of aliphatic hydroxyl groups excluding tert-OH is 5. The average molecular weight is 991 g/mol. The van der Waals surface area contributed by atoms with E-state index in [1.54, 1.807) is 0 Å². The summed E-state index contributed by atoms with van der Waals surface area (Å²) in [6.07, 6.45) is 36.8. The molecule has 0 aromatic rings. The number of carbonyl (C=O) groups excluding carboxylic acids is 2. The molecule has 1 fully saturated rings. The van der Waals surface area contributed by atoms with Crippen LogP contribution in [0.25, 0.3) is 0 Å². The van der Waals surface area contributed by atoms with E-state index in [2.05, 4.69) is 26.0 Å². The van der Waals surface area contributed by atoms with Gasteiger partial charge >= 0.3 is 19.8 Å². The Kier molecular flexibility index (Phi) is 42.1. The number of phosphoric ester groups is 1. The van der Waals surface area contributed by atoms with Gasteiger partial charge < -0.3 is 39.9 Å². The van der Waals surface area contributed by atoms with Crippen molar-refractivity contribution in [3.8, 4) is 0 Å². The summed E-state index contributed by atoms with van der Waals surface area (Å²) < 4.78 is 33.7. The highest BCUT2D eigenvalue weighted by Crippen LogP contribution is 2.47. The van der Waals surface area contributed by atoms with Crippen molar-refractivity contribution in [2.24, 2.45) is 0 Å². The normalized spacial score (nSPS) is 21.0. The van der Waals surface area contributed by atoms with Crippen molar-refractivity contribution in [2.45, 2.75) is 307 Å². The molecule has 1 aliphatic carbocycles. The van der Waals surface area contributed by atoms with Gasteiger partial charge in [-0.25, -0.2) is 4.57 Å². The van der Waals surface area contributed by atoms with Gasteiger partial charge in [0, 0.05) is 12.8 Å². The molecule has 0 aromatic carbocycles. The summed E-state index contributed by atoms with van der Waals surface area (Å²) in [4.78, 5) is 35.9. The number of hydrogen-bond acceptors (Lipinski definition) is 12. The van der Waals surface area contributed by atoms with Crippen LogP contribution in [0.3, 0.4) is 0 Å². The van der Waals surface area contributed by atoms with Crippen LogP contribution in [0.4, 0.5) is 0 Å². The first-order chi connectivity index (χ1) is 32.9. The molecule has 0 bridgehead atoms. The Morgan fingerprint density at radius 3 is 1.12 bits per heavy atom. The number of ether oxygens (including phenoxy) is 2. The van der Waals surface area contributed by atoms with Gasteiger partial charge in [-0.15, -0.1) is 0 Å². The largest absolute Gasteiger partial charge is 0.472 e. The molecule has 1 rings (SSSR count). The van der Waals surface area contributed by atoms with E-state index in [-0.39, 0.29) is 12.8 Å². The molecule has 0 heterocycles. The smallest absolute Gasteiger partial charge is 0.462 e. The van der Waals surface area contributed by atoms with Crippen LogP contribution in [-0.2, 0) is 32.7 Å². The molecular formula is C54H103O13P. The van der Waals surface area contributed by atoms with E-state index in [0.717, 1.165) is 38.5 Å². The predicted octanol–water partition coefficient (Wildman–Crippen LogP) is 12.6. The number of unbranched alkanes of at least 4 members (excludes halogenated alkanes) is 34. The second-order valence-corrected chi connectivity index (χ2v) is 21.2. The van der Waals surface area contributed by atoms with Crippen LogP contribution in [0.2, 0.25) is 0 Å². The van der Waals surface area contributed by atoms with Crippen molar-refractivity contribution < 1.29 is 63.1 Å². The molecule has 14 heteroatoms. The fraction of sp³-hybridized carbons (Fsp3) is 0.926. The summed E-state index contributed by atoms with van der Waals surface area (Å²) in [5, 5.41) is 50.3. The first-order valence-corrected chi connectivity index (χ1v) is 29.5. The van der Waals surface area contributed by atoms with E-state index in [1.807, 2.05) is 0 Å². The Hall–Kier alpha value is -1.41. The first kappa shape index (κ1) is 64.6. The molecule has 6 N–H and O–H groups in total. The standard InChI is InChI=1S/C54H103O13P/c1-3-5-7-9-11-13-15-17-19-21-23-24-25-27-28-30-32-34-36-38-40-42-47(55)64-44-46(45-65-68(62,63)67-54-52(60)50(58)49(57)51(59)53(54)61)66-48(56)43-41-39-37-35-33-31-29-26-22-20-18-16-14-12-10-8-6-4-2/h17,19,46,49-54,57-61H,3-16,18,20-45H2,1-2H3,(H,62,63)/b19-17+/t46-,49?,50-,51?,52?,53?,54?/m0/s1. The predicted molar refractivity (Wildman–Crippen MR) is 272 cm³/mol.